The zero-order valence-electron chi connectivity index (χ0n) is 11.0. The molecule has 1 saturated carbocycles. The first-order chi connectivity index (χ1) is 8.73. The predicted octanol–water partition coefficient (Wildman–Crippen LogP) is 2.13. The van der Waals surface area contributed by atoms with E-state index in [1.54, 1.807) is 6.92 Å². The van der Waals surface area contributed by atoms with Gasteiger partial charge in [-0.2, -0.15) is 13.2 Å². The summed E-state index contributed by atoms with van der Waals surface area (Å²) in [5.41, 5.74) is -0.980. The van der Waals surface area contributed by atoms with Gasteiger partial charge in [-0.1, -0.05) is 12.8 Å². The summed E-state index contributed by atoms with van der Waals surface area (Å²) in [4.78, 5) is 23.6. The maximum Gasteiger partial charge on any atom is 0.471 e. The van der Waals surface area contributed by atoms with Crippen molar-refractivity contribution in [2.75, 3.05) is 20.2 Å². The van der Waals surface area contributed by atoms with Crippen molar-refractivity contribution in [2.24, 2.45) is 5.41 Å². The Labute approximate surface area is 109 Å². The third kappa shape index (κ3) is 3.61. The Morgan fingerprint density at radius 2 is 1.79 bits per heavy atom. The topological polar surface area (TPSA) is 46.6 Å². The third-order valence-corrected chi connectivity index (χ3v) is 3.40. The average molecular weight is 281 g/mol. The molecule has 0 aromatic carbocycles. The molecule has 7 heteroatoms. The van der Waals surface area contributed by atoms with Crippen molar-refractivity contribution in [1.29, 1.82) is 0 Å². The van der Waals surface area contributed by atoms with Crippen LogP contribution >= 0.6 is 0 Å². The molecule has 0 aromatic rings. The van der Waals surface area contributed by atoms with E-state index in [0.29, 0.717) is 17.7 Å². The predicted molar refractivity (Wildman–Crippen MR) is 61.2 cm³/mol. The van der Waals surface area contributed by atoms with Crippen molar-refractivity contribution in [3.8, 4) is 0 Å². The zero-order valence-corrected chi connectivity index (χ0v) is 11.0. The van der Waals surface area contributed by atoms with E-state index in [-0.39, 0.29) is 13.2 Å². The molecule has 1 rings (SSSR count). The minimum atomic E-state index is -4.91. The van der Waals surface area contributed by atoms with Crippen LogP contribution in [0.15, 0.2) is 0 Å². The molecule has 1 aliphatic carbocycles. The standard InChI is InChI=1S/C12H18F3NO3/c1-3-19-10(18)11(6-4-5-7-11)8-16(2)9(17)12(13,14)15/h3-8H2,1-2H3. The summed E-state index contributed by atoms with van der Waals surface area (Å²) >= 11 is 0. The van der Waals surface area contributed by atoms with Crippen LogP contribution in [0.2, 0.25) is 0 Å². The zero-order chi connectivity index (χ0) is 14.7. The molecule has 0 N–H and O–H groups in total. The Morgan fingerprint density at radius 1 is 1.26 bits per heavy atom. The Morgan fingerprint density at radius 3 is 2.21 bits per heavy atom. The average Bonchev–Trinajstić information content (AvgIpc) is 2.77. The number of esters is 1. The number of hydrogen-bond acceptors (Lipinski definition) is 3. The van der Waals surface area contributed by atoms with Crippen LogP contribution in [0, 0.1) is 5.41 Å². The van der Waals surface area contributed by atoms with Crippen LogP contribution in [-0.4, -0.2) is 43.2 Å². The van der Waals surface area contributed by atoms with E-state index in [2.05, 4.69) is 0 Å². The van der Waals surface area contributed by atoms with E-state index >= 15 is 0 Å². The van der Waals surface area contributed by atoms with Crippen LogP contribution in [0.25, 0.3) is 0 Å². The van der Waals surface area contributed by atoms with Gasteiger partial charge < -0.3 is 9.64 Å². The SMILES string of the molecule is CCOC(=O)C1(CN(C)C(=O)C(F)(F)F)CCCC1. The number of alkyl halides is 3. The van der Waals surface area contributed by atoms with E-state index in [4.69, 9.17) is 4.74 Å². The lowest BCUT2D eigenvalue weighted by atomic mass is 9.85. The first-order valence-electron chi connectivity index (χ1n) is 6.22. The molecule has 0 aromatic heterocycles. The molecule has 0 unspecified atom stereocenters. The summed E-state index contributed by atoms with van der Waals surface area (Å²) in [6.45, 7) is 1.58. The van der Waals surface area contributed by atoms with Gasteiger partial charge in [0.2, 0.25) is 0 Å². The fourth-order valence-corrected chi connectivity index (χ4v) is 2.50. The van der Waals surface area contributed by atoms with Crippen LogP contribution in [0.3, 0.4) is 0 Å². The quantitative estimate of drug-likeness (QED) is 0.742. The number of nitrogens with zero attached hydrogens (tertiary/aromatic N) is 1. The highest BCUT2D eigenvalue weighted by atomic mass is 19.4. The normalized spacial score (nSPS) is 18.2. The maximum atomic E-state index is 12.3. The van der Waals surface area contributed by atoms with Crippen molar-refractivity contribution in [3.63, 3.8) is 0 Å². The molecule has 110 valence electrons. The second-order valence-electron chi connectivity index (χ2n) is 4.87. The number of ether oxygens (including phenoxy) is 1. The molecular formula is C12H18F3NO3. The van der Waals surface area contributed by atoms with E-state index in [0.717, 1.165) is 19.9 Å². The van der Waals surface area contributed by atoms with Crippen LogP contribution < -0.4 is 0 Å². The fraction of sp³-hybridized carbons (Fsp3) is 0.833. The Balaban J connectivity index is 2.80. The van der Waals surface area contributed by atoms with Crippen LogP contribution in [0.4, 0.5) is 13.2 Å². The maximum absolute atomic E-state index is 12.3. The molecule has 4 nitrogen and oxygen atoms in total. The van der Waals surface area contributed by atoms with Gasteiger partial charge in [-0.05, 0) is 19.8 Å². The summed E-state index contributed by atoms with van der Waals surface area (Å²) in [6.07, 6.45) is -2.48. The van der Waals surface area contributed by atoms with Crippen molar-refractivity contribution < 1.29 is 27.5 Å². The molecule has 0 radical (unpaired) electrons. The molecule has 0 bridgehead atoms. The minimum Gasteiger partial charge on any atom is -0.466 e. The van der Waals surface area contributed by atoms with E-state index < -0.39 is 23.5 Å². The molecule has 19 heavy (non-hydrogen) atoms. The van der Waals surface area contributed by atoms with Gasteiger partial charge in [-0.15, -0.1) is 0 Å². The number of hydrogen-bond donors (Lipinski definition) is 0. The van der Waals surface area contributed by atoms with E-state index in [1.807, 2.05) is 0 Å². The van der Waals surface area contributed by atoms with Gasteiger partial charge in [0.25, 0.3) is 0 Å². The van der Waals surface area contributed by atoms with Crippen molar-refractivity contribution in [3.05, 3.63) is 0 Å². The molecule has 1 fully saturated rings. The Hall–Kier alpha value is -1.27. The van der Waals surface area contributed by atoms with Gasteiger partial charge in [0, 0.05) is 13.6 Å². The van der Waals surface area contributed by atoms with Crippen LogP contribution in [0.5, 0.6) is 0 Å². The molecule has 1 amide bonds. The van der Waals surface area contributed by atoms with Gasteiger partial charge >= 0.3 is 18.1 Å². The highest BCUT2D eigenvalue weighted by Crippen LogP contribution is 2.40. The van der Waals surface area contributed by atoms with Crippen molar-refractivity contribution >= 4 is 11.9 Å². The number of rotatable bonds is 4. The van der Waals surface area contributed by atoms with E-state index in [1.165, 1.54) is 0 Å². The summed E-state index contributed by atoms with van der Waals surface area (Å²) < 4.78 is 42.0. The second-order valence-corrected chi connectivity index (χ2v) is 4.87. The lowest BCUT2D eigenvalue weighted by Crippen LogP contribution is -2.47. The summed E-state index contributed by atoms with van der Waals surface area (Å²) in [5.74, 6) is -2.43. The van der Waals surface area contributed by atoms with Gasteiger partial charge in [-0.25, -0.2) is 0 Å². The number of carbonyl (C=O) groups excluding carboxylic acids is 2. The first kappa shape index (κ1) is 15.8. The molecule has 0 atom stereocenters. The first-order valence-corrected chi connectivity index (χ1v) is 6.22. The van der Waals surface area contributed by atoms with E-state index in [9.17, 15) is 22.8 Å². The highest BCUT2D eigenvalue weighted by molar-refractivity contribution is 5.83. The second kappa shape index (κ2) is 5.79. The summed E-state index contributed by atoms with van der Waals surface area (Å²) in [7, 11) is 1.06. The molecule has 0 saturated heterocycles. The lowest BCUT2D eigenvalue weighted by molar-refractivity contribution is -0.186. The van der Waals surface area contributed by atoms with Crippen molar-refractivity contribution in [1.82, 2.24) is 4.90 Å². The molecule has 0 aliphatic heterocycles. The van der Waals surface area contributed by atoms with Gasteiger partial charge in [0.05, 0.1) is 12.0 Å². The molecule has 1 aliphatic rings. The minimum absolute atomic E-state index is 0.178. The fourth-order valence-electron chi connectivity index (χ4n) is 2.50. The number of amides is 1. The monoisotopic (exact) mass is 281 g/mol. The van der Waals surface area contributed by atoms with Gasteiger partial charge in [0.1, 0.15) is 0 Å². The summed E-state index contributed by atoms with van der Waals surface area (Å²) in [5, 5.41) is 0. The lowest BCUT2D eigenvalue weighted by Gasteiger charge is -2.31. The molecule has 0 spiro atoms. The number of halogens is 3. The van der Waals surface area contributed by atoms with Gasteiger partial charge in [0.15, 0.2) is 0 Å². The van der Waals surface area contributed by atoms with Crippen LogP contribution in [-0.2, 0) is 14.3 Å². The van der Waals surface area contributed by atoms with Crippen molar-refractivity contribution in [2.45, 2.75) is 38.8 Å². The Kier molecular flexibility index (Phi) is 4.81. The molecule has 0 heterocycles. The summed E-state index contributed by atoms with van der Waals surface area (Å²) in [6, 6.07) is 0. The number of carbonyl (C=O) groups is 2. The molecular weight excluding hydrogens is 263 g/mol. The van der Waals surface area contributed by atoms with Crippen LogP contribution in [0.1, 0.15) is 32.6 Å². The smallest absolute Gasteiger partial charge is 0.466 e. The Bertz CT molecular complexity index is 349. The third-order valence-electron chi connectivity index (χ3n) is 3.40. The van der Waals surface area contributed by atoms with Gasteiger partial charge in [-0.3, -0.25) is 9.59 Å². The largest absolute Gasteiger partial charge is 0.471 e. The highest BCUT2D eigenvalue weighted by Gasteiger charge is 2.48.